The minimum atomic E-state index is -1.55. The normalized spacial score (nSPS) is 14.4. The molecular formula is C10H11IO4. The van der Waals surface area contributed by atoms with Gasteiger partial charge in [-0.2, -0.15) is 0 Å². The third-order valence-electron chi connectivity index (χ3n) is 1.97. The van der Waals surface area contributed by atoms with Gasteiger partial charge in [-0.25, -0.2) is 4.79 Å². The molecule has 1 aromatic carbocycles. The summed E-state index contributed by atoms with van der Waals surface area (Å²) in [5.41, 5.74) is 0.510. The number of benzene rings is 1. The first kappa shape index (κ1) is 12.4. The van der Waals surface area contributed by atoms with E-state index in [4.69, 9.17) is 0 Å². The summed E-state index contributed by atoms with van der Waals surface area (Å²) >= 11 is 2.02. The molecule has 0 unspecified atom stereocenters. The van der Waals surface area contributed by atoms with Gasteiger partial charge < -0.3 is 14.9 Å². The lowest BCUT2D eigenvalue weighted by Crippen LogP contribution is -2.29. The Balaban J connectivity index is 2.89. The van der Waals surface area contributed by atoms with Crippen molar-refractivity contribution < 1.29 is 19.7 Å². The third-order valence-corrected chi connectivity index (χ3v) is 2.95. The molecule has 1 rings (SSSR count). The summed E-state index contributed by atoms with van der Waals surface area (Å²) in [5.74, 6) is -0.845. The van der Waals surface area contributed by atoms with Gasteiger partial charge in [0, 0.05) is 3.57 Å². The van der Waals surface area contributed by atoms with Gasteiger partial charge in [0.15, 0.2) is 6.10 Å². The molecule has 0 heterocycles. The molecule has 0 saturated heterocycles. The Bertz CT molecular complexity index is 353. The third kappa shape index (κ3) is 2.90. The fourth-order valence-corrected chi connectivity index (χ4v) is 1.84. The zero-order valence-electron chi connectivity index (χ0n) is 8.05. The number of ether oxygens (including phenoxy) is 1. The van der Waals surface area contributed by atoms with Gasteiger partial charge in [-0.1, -0.05) is 18.2 Å². The van der Waals surface area contributed by atoms with Crippen molar-refractivity contribution in [3.05, 3.63) is 33.4 Å². The molecule has 0 spiro atoms. The molecule has 0 aliphatic rings. The molecule has 0 amide bonds. The van der Waals surface area contributed by atoms with Crippen molar-refractivity contribution in [3.8, 4) is 0 Å². The van der Waals surface area contributed by atoms with Gasteiger partial charge in [0.1, 0.15) is 6.10 Å². The molecule has 82 valence electrons. The molecule has 15 heavy (non-hydrogen) atoms. The van der Waals surface area contributed by atoms with Crippen LogP contribution in [-0.2, 0) is 9.53 Å². The number of halogens is 1. The van der Waals surface area contributed by atoms with E-state index in [1.807, 2.05) is 28.7 Å². The highest BCUT2D eigenvalue weighted by molar-refractivity contribution is 14.1. The van der Waals surface area contributed by atoms with Crippen LogP contribution in [0.2, 0.25) is 0 Å². The summed E-state index contributed by atoms with van der Waals surface area (Å²) in [6.07, 6.45) is -2.81. The SMILES string of the molecule is COC(=O)[C@@H](O)[C@H](O)c1ccccc1I. The van der Waals surface area contributed by atoms with E-state index < -0.39 is 18.2 Å². The van der Waals surface area contributed by atoms with Crippen molar-refractivity contribution in [1.82, 2.24) is 0 Å². The largest absolute Gasteiger partial charge is 0.467 e. The quantitative estimate of drug-likeness (QED) is 0.640. The molecule has 4 nitrogen and oxygen atoms in total. The van der Waals surface area contributed by atoms with Crippen LogP contribution >= 0.6 is 22.6 Å². The van der Waals surface area contributed by atoms with Crippen molar-refractivity contribution in [1.29, 1.82) is 0 Å². The first-order valence-electron chi connectivity index (χ1n) is 4.26. The molecule has 0 fully saturated rings. The highest BCUT2D eigenvalue weighted by atomic mass is 127. The maximum atomic E-state index is 11.0. The summed E-state index contributed by atoms with van der Waals surface area (Å²) in [6, 6.07) is 6.97. The van der Waals surface area contributed by atoms with Crippen LogP contribution < -0.4 is 0 Å². The van der Waals surface area contributed by atoms with E-state index in [9.17, 15) is 15.0 Å². The number of esters is 1. The average Bonchev–Trinajstić information content (AvgIpc) is 2.26. The summed E-state index contributed by atoms with van der Waals surface area (Å²) in [7, 11) is 1.16. The molecule has 0 bridgehead atoms. The first-order valence-corrected chi connectivity index (χ1v) is 5.34. The van der Waals surface area contributed by atoms with E-state index >= 15 is 0 Å². The minimum absolute atomic E-state index is 0.510. The van der Waals surface area contributed by atoms with Gasteiger partial charge in [-0.3, -0.25) is 0 Å². The predicted molar refractivity (Wildman–Crippen MR) is 62.1 cm³/mol. The van der Waals surface area contributed by atoms with Gasteiger partial charge in [-0.05, 0) is 34.2 Å². The lowest BCUT2D eigenvalue weighted by Gasteiger charge is -2.16. The lowest BCUT2D eigenvalue weighted by molar-refractivity contribution is -0.156. The molecule has 5 heteroatoms. The second kappa shape index (κ2) is 5.43. The summed E-state index contributed by atoms with van der Waals surface area (Å²) in [5, 5.41) is 19.2. The molecule has 0 radical (unpaired) electrons. The Kier molecular flexibility index (Phi) is 4.49. The zero-order valence-corrected chi connectivity index (χ0v) is 10.2. The van der Waals surface area contributed by atoms with Crippen LogP contribution in [0.5, 0.6) is 0 Å². The maximum Gasteiger partial charge on any atom is 0.337 e. The topological polar surface area (TPSA) is 66.8 Å². The highest BCUT2D eigenvalue weighted by Gasteiger charge is 2.27. The molecule has 1 aromatic rings. The predicted octanol–water partition coefficient (Wildman–Crippen LogP) is 0.859. The van der Waals surface area contributed by atoms with Gasteiger partial charge >= 0.3 is 5.97 Å². The van der Waals surface area contributed by atoms with Gasteiger partial charge in [0.25, 0.3) is 0 Å². The molecule has 2 atom stereocenters. The Morgan fingerprint density at radius 2 is 2.00 bits per heavy atom. The Hall–Kier alpha value is -0.660. The van der Waals surface area contributed by atoms with Crippen molar-refractivity contribution in [2.75, 3.05) is 7.11 Å². The van der Waals surface area contributed by atoms with Gasteiger partial charge in [0.05, 0.1) is 7.11 Å². The van der Waals surface area contributed by atoms with Crippen LogP contribution in [0.3, 0.4) is 0 Å². The maximum absolute atomic E-state index is 11.0. The van der Waals surface area contributed by atoms with Crippen molar-refractivity contribution >= 4 is 28.6 Å². The van der Waals surface area contributed by atoms with Crippen LogP contribution in [0, 0.1) is 3.57 Å². The number of carbonyl (C=O) groups is 1. The zero-order chi connectivity index (χ0) is 11.4. The highest BCUT2D eigenvalue weighted by Crippen LogP contribution is 2.22. The number of carbonyl (C=O) groups excluding carboxylic acids is 1. The summed E-state index contributed by atoms with van der Waals surface area (Å²) < 4.78 is 5.13. The standard InChI is InChI=1S/C10H11IO4/c1-15-10(14)9(13)8(12)6-4-2-3-5-7(6)11/h2-5,8-9,12-13H,1H3/t8-,9+/m1/s1. The molecule has 2 N–H and O–H groups in total. The number of hydrogen-bond donors (Lipinski definition) is 2. The first-order chi connectivity index (χ1) is 7.07. The van der Waals surface area contributed by atoms with Crippen LogP contribution in [0.1, 0.15) is 11.7 Å². The second-order valence-corrected chi connectivity index (χ2v) is 4.10. The Labute approximate surface area is 101 Å². The Morgan fingerprint density at radius 1 is 1.40 bits per heavy atom. The fraction of sp³-hybridized carbons (Fsp3) is 0.300. The van der Waals surface area contributed by atoms with E-state index in [1.165, 1.54) is 0 Å². The Morgan fingerprint density at radius 3 is 2.53 bits per heavy atom. The molecule has 0 aromatic heterocycles. The van der Waals surface area contributed by atoms with Crippen LogP contribution in [0.4, 0.5) is 0 Å². The van der Waals surface area contributed by atoms with E-state index in [2.05, 4.69) is 4.74 Å². The van der Waals surface area contributed by atoms with Crippen LogP contribution in [0.15, 0.2) is 24.3 Å². The molecule has 0 aliphatic heterocycles. The minimum Gasteiger partial charge on any atom is -0.467 e. The van der Waals surface area contributed by atoms with E-state index in [0.29, 0.717) is 5.56 Å². The smallest absolute Gasteiger partial charge is 0.337 e. The lowest BCUT2D eigenvalue weighted by atomic mass is 10.0. The number of hydrogen-bond acceptors (Lipinski definition) is 4. The van der Waals surface area contributed by atoms with Crippen LogP contribution in [0.25, 0.3) is 0 Å². The summed E-state index contributed by atoms with van der Waals surface area (Å²) in [6.45, 7) is 0. The second-order valence-electron chi connectivity index (χ2n) is 2.93. The number of aliphatic hydroxyl groups excluding tert-OH is 2. The number of aliphatic hydroxyl groups is 2. The van der Waals surface area contributed by atoms with Crippen LogP contribution in [-0.4, -0.2) is 29.4 Å². The number of methoxy groups -OCH3 is 1. The molecule has 0 aliphatic carbocycles. The molecule has 0 saturated carbocycles. The van der Waals surface area contributed by atoms with Gasteiger partial charge in [-0.15, -0.1) is 0 Å². The fourth-order valence-electron chi connectivity index (χ4n) is 1.13. The average molecular weight is 322 g/mol. The van der Waals surface area contributed by atoms with E-state index in [0.717, 1.165) is 10.7 Å². The van der Waals surface area contributed by atoms with E-state index in [-0.39, 0.29) is 0 Å². The van der Waals surface area contributed by atoms with Crippen molar-refractivity contribution in [2.45, 2.75) is 12.2 Å². The monoisotopic (exact) mass is 322 g/mol. The van der Waals surface area contributed by atoms with Crippen molar-refractivity contribution in [2.24, 2.45) is 0 Å². The van der Waals surface area contributed by atoms with Crippen molar-refractivity contribution in [3.63, 3.8) is 0 Å². The van der Waals surface area contributed by atoms with Gasteiger partial charge in [0.2, 0.25) is 0 Å². The molecular weight excluding hydrogens is 311 g/mol. The number of rotatable bonds is 3. The van der Waals surface area contributed by atoms with E-state index in [1.54, 1.807) is 18.2 Å². The summed E-state index contributed by atoms with van der Waals surface area (Å²) in [4.78, 5) is 11.0.